The highest BCUT2D eigenvalue weighted by Crippen LogP contribution is 2.43. The standard InChI is InChI=1S/C23H26N2O3/c1-15(26)16-6-8-18(9-7-16)24-22-19-13-21(28-3)20(27-2)12-17(19)14-23(25-22)10-4-5-11-23/h6-9,12-13H,4-5,10-11,14H2,1-3H3,(H,24,25). The van der Waals surface area contributed by atoms with Crippen LogP contribution in [0.5, 0.6) is 11.5 Å². The van der Waals surface area contributed by atoms with E-state index < -0.39 is 0 Å². The van der Waals surface area contributed by atoms with Gasteiger partial charge in [0.25, 0.3) is 0 Å². The van der Waals surface area contributed by atoms with E-state index in [1.807, 2.05) is 30.3 Å². The molecule has 1 saturated carbocycles. The van der Waals surface area contributed by atoms with Crippen LogP contribution < -0.4 is 14.8 Å². The van der Waals surface area contributed by atoms with Gasteiger partial charge in [-0.1, -0.05) is 12.8 Å². The van der Waals surface area contributed by atoms with E-state index in [-0.39, 0.29) is 11.3 Å². The Morgan fingerprint density at radius 3 is 2.29 bits per heavy atom. The van der Waals surface area contributed by atoms with Crippen molar-refractivity contribution in [3.05, 3.63) is 53.1 Å². The van der Waals surface area contributed by atoms with Crippen molar-refractivity contribution >= 4 is 17.3 Å². The summed E-state index contributed by atoms with van der Waals surface area (Å²) < 4.78 is 11.0. The number of nitrogens with one attached hydrogen (secondary N) is 1. The Kier molecular flexibility index (Phi) is 4.84. The summed E-state index contributed by atoms with van der Waals surface area (Å²) in [7, 11) is 3.32. The molecule has 1 aliphatic carbocycles. The number of rotatable bonds is 4. The fourth-order valence-corrected chi connectivity index (χ4v) is 4.32. The lowest BCUT2D eigenvalue weighted by atomic mass is 9.84. The number of hydrogen-bond donors (Lipinski definition) is 1. The van der Waals surface area contributed by atoms with E-state index >= 15 is 0 Å². The first-order valence-corrected chi connectivity index (χ1v) is 9.77. The van der Waals surface area contributed by atoms with Crippen LogP contribution in [0.1, 0.15) is 54.1 Å². The highest BCUT2D eigenvalue weighted by Gasteiger charge is 2.38. The predicted octanol–water partition coefficient (Wildman–Crippen LogP) is 4.63. The van der Waals surface area contributed by atoms with Gasteiger partial charge in [-0.15, -0.1) is 0 Å². The van der Waals surface area contributed by atoms with Gasteiger partial charge in [0.1, 0.15) is 5.84 Å². The number of benzene rings is 2. The summed E-state index contributed by atoms with van der Waals surface area (Å²) in [6.07, 6.45) is 5.57. The van der Waals surface area contributed by atoms with Crippen LogP contribution in [-0.2, 0) is 6.42 Å². The van der Waals surface area contributed by atoms with Crippen molar-refractivity contribution in [3.8, 4) is 11.5 Å². The molecule has 1 spiro atoms. The molecule has 0 aromatic heterocycles. The third-order valence-corrected chi connectivity index (χ3v) is 5.82. The SMILES string of the molecule is COc1cc2c(cc1OC)C(Nc1ccc(C(C)=O)cc1)=NC1(CCCC1)C2. The first kappa shape index (κ1) is 18.5. The average Bonchev–Trinajstić information content (AvgIpc) is 3.14. The zero-order valence-corrected chi connectivity index (χ0v) is 16.7. The third-order valence-electron chi connectivity index (χ3n) is 5.82. The molecule has 0 atom stereocenters. The Bertz CT molecular complexity index is 926. The Labute approximate surface area is 165 Å². The van der Waals surface area contributed by atoms with Crippen LogP contribution in [0, 0.1) is 0 Å². The van der Waals surface area contributed by atoms with E-state index in [2.05, 4.69) is 11.4 Å². The lowest BCUT2D eigenvalue weighted by molar-refractivity contribution is 0.101. The first-order valence-electron chi connectivity index (χ1n) is 9.77. The van der Waals surface area contributed by atoms with Gasteiger partial charge < -0.3 is 14.8 Å². The van der Waals surface area contributed by atoms with E-state index in [9.17, 15) is 4.79 Å². The molecule has 2 aliphatic rings. The van der Waals surface area contributed by atoms with Gasteiger partial charge in [0.2, 0.25) is 0 Å². The molecule has 0 bridgehead atoms. The van der Waals surface area contributed by atoms with E-state index in [0.717, 1.165) is 42.1 Å². The molecule has 146 valence electrons. The number of anilines is 1. The molecule has 2 aromatic carbocycles. The number of ether oxygens (including phenoxy) is 2. The number of ketones is 1. The quantitative estimate of drug-likeness (QED) is 0.788. The first-order chi connectivity index (χ1) is 13.5. The number of aliphatic imine (C=N–C) groups is 1. The number of carbonyl (C=O) groups is 1. The summed E-state index contributed by atoms with van der Waals surface area (Å²) in [6, 6.07) is 11.6. The normalized spacial score (nSPS) is 17.0. The summed E-state index contributed by atoms with van der Waals surface area (Å²) in [5.41, 5.74) is 3.87. The van der Waals surface area contributed by atoms with Gasteiger partial charge in [-0.2, -0.15) is 0 Å². The van der Waals surface area contributed by atoms with Gasteiger partial charge in [0.15, 0.2) is 17.3 Å². The lowest BCUT2D eigenvalue weighted by Gasteiger charge is -2.33. The maximum Gasteiger partial charge on any atom is 0.161 e. The van der Waals surface area contributed by atoms with Crippen molar-refractivity contribution in [3.63, 3.8) is 0 Å². The van der Waals surface area contributed by atoms with Gasteiger partial charge in [-0.05, 0) is 68.1 Å². The van der Waals surface area contributed by atoms with E-state index in [0.29, 0.717) is 11.3 Å². The zero-order valence-electron chi connectivity index (χ0n) is 16.7. The minimum Gasteiger partial charge on any atom is -0.493 e. The van der Waals surface area contributed by atoms with Crippen LogP contribution in [0.3, 0.4) is 0 Å². The second-order valence-electron chi connectivity index (χ2n) is 7.69. The van der Waals surface area contributed by atoms with Crippen molar-refractivity contribution in [1.29, 1.82) is 0 Å². The number of amidine groups is 1. The monoisotopic (exact) mass is 378 g/mol. The van der Waals surface area contributed by atoms with Crippen molar-refractivity contribution < 1.29 is 14.3 Å². The number of Topliss-reactive ketones (excluding diaryl/α,β-unsaturated/α-hetero) is 1. The molecule has 1 aliphatic heterocycles. The molecule has 0 amide bonds. The van der Waals surface area contributed by atoms with Crippen LogP contribution in [0.2, 0.25) is 0 Å². The van der Waals surface area contributed by atoms with Gasteiger partial charge >= 0.3 is 0 Å². The second-order valence-corrected chi connectivity index (χ2v) is 7.69. The minimum atomic E-state index is -0.0335. The van der Waals surface area contributed by atoms with E-state index in [1.54, 1.807) is 21.1 Å². The number of hydrogen-bond acceptors (Lipinski definition) is 5. The predicted molar refractivity (Wildman–Crippen MR) is 111 cm³/mol. The van der Waals surface area contributed by atoms with Crippen LogP contribution in [0.4, 0.5) is 5.69 Å². The summed E-state index contributed by atoms with van der Waals surface area (Å²) in [6.45, 7) is 1.58. The molecule has 5 nitrogen and oxygen atoms in total. The van der Waals surface area contributed by atoms with Crippen molar-refractivity contribution in [2.24, 2.45) is 4.99 Å². The Morgan fingerprint density at radius 1 is 1.04 bits per heavy atom. The molecule has 0 unspecified atom stereocenters. The number of nitrogens with zero attached hydrogens (tertiary/aromatic N) is 1. The van der Waals surface area contributed by atoms with Crippen LogP contribution >= 0.6 is 0 Å². The molecule has 28 heavy (non-hydrogen) atoms. The summed E-state index contributed by atoms with van der Waals surface area (Å²) in [5.74, 6) is 2.37. The van der Waals surface area contributed by atoms with Gasteiger partial charge in [-0.3, -0.25) is 9.79 Å². The fraction of sp³-hybridized carbons (Fsp3) is 0.391. The van der Waals surface area contributed by atoms with Gasteiger partial charge in [-0.25, -0.2) is 0 Å². The van der Waals surface area contributed by atoms with Gasteiger partial charge in [0.05, 0.1) is 19.8 Å². The highest BCUT2D eigenvalue weighted by molar-refractivity contribution is 6.10. The smallest absolute Gasteiger partial charge is 0.161 e. The second kappa shape index (κ2) is 7.30. The van der Waals surface area contributed by atoms with E-state index in [1.165, 1.54) is 18.4 Å². The lowest BCUT2D eigenvalue weighted by Crippen LogP contribution is -2.35. The topological polar surface area (TPSA) is 59.9 Å². The number of carbonyl (C=O) groups excluding carboxylic acids is 1. The zero-order chi connectivity index (χ0) is 19.7. The Balaban J connectivity index is 1.75. The Hall–Kier alpha value is -2.82. The van der Waals surface area contributed by atoms with Gasteiger partial charge in [0, 0.05) is 16.8 Å². The molecule has 0 saturated heterocycles. The maximum absolute atomic E-state index is 11.5. The molecule has 2 aromatic rings. The molecule has 5 heteroatoms. The molecule has 1 fully saturated rings. The largest absolute Gasteiger partial charge is 0.493 e. The molecule has 0 radical (unpaired) electrons. The van der Waals surface area contributed by atoms with Crippen LogP contribution in [0.15, 0.2) is 41.4 Å². The van der Waals surface area contributed by atoms with Crippen LogP contribution in [-0.4, -0.2) is 31.4 Å². The third kappa shape index (κ3) is 3.37. The van der Waals surface area contributed by atoms with Crippen LogP contribution in [0.25, 0.3) is 0 Å². The summed E-state index contributed by atoms with van der Waals surface area (Å²) in [5, 5.41) is 3.49. The Morgan fingerprint density at radius 2 is 1.68 bits per heavy atom. The number of fused-ring (bicyclic) bond motifs is 1. The minimum absolute atomic E-state index is 0.0335. The summed E-state index contributed by atoms with van der Waals surface area (Å²) >= 11 is 0. The highest BCUT2D eigenvalue weighted by atomic mass is 16.5. The van der Waals surface area contributed by atoms with Crippen molar-refractivity contribution in [2.75, 3.05) is 19.5 Å². The fourth-order valence-electron chi connectivity index (χ4n) is 4.32. The molecule has 1 heterocycles. The molecular formula is C23H26N2O3. The average molecular weight is 378 g/mol. The van der Waals surface area contributed by atoms with Crippen molar-refractivity contribution in [2.45, 2.75) is 44.6 Å². The molecular weight excluding hydrogens is 352 g/mol. The maximum atomic E-state index is 11.5. The molecule has 4 rings (SSSR count). The molecule has 1 N–H and O–H groups in total. The van der Waals surface area contributed by atoms with Crippen molar-refractivity contribution in [1.82, 2.24) is 0 Å². The number of methoxy groups -OCH3 is 2. The summed E-state index contributed by atoms with van der Waals surface area (Å²) in [4.78, 5) is 16.7. The van der Waals surface area contributed by atoms with E-state index in [4.69, 9.17) is 14.5 Å².